The predicted molar refractivity (Wildman–Crippen MR) is 60.0 cm³/mol. The van der Waals surface area contributed by atoms with E-state index in [9.17, 15) is 13.5 Å². The Kier molecular flexibility index (Phi) is 3.92. The van der Waals surface area contributed by atoms with E-state index in [-0.39, 0.29) is 5.75 Å². The summed E-state index contributed by atoms with van der Waals surface area (Å²) >= 11 is 0. The lowest BCUT2D eigenvalue weighted by Gasteiger charge is -2.21. The Labute approximate surface area is 91.6 Å². The van der Waals surface area contributed by atoms with Crippen molar-refractivity contribution in [3.8, 4) is 0 Å². The Bertz CT molecular complexity index is 322. The SMILES string of the molecule is C=CCS(=O)(=O)N1CCCC(C)(O)CC1. The van der Waals surface area contributed by atoms with Crippen LogP contribution in [0.4, 0.5) is 0 Å². The number of sulfonamides is 1. The zero-order valence-electron chi connectivity index (χ0n) is 9.15. The number of aliphatic hydroxyl groups is 1. The van der Waals surface area contributed by atoms with Crippen LogP contribution in [0.15, 0.2) is 12.7 Å². The van der Waals surface area contributed by atoms with E-state index in [0.717, 1.165) is 0 Å². The summed E-state index contributed by atoms with van der Waals surface area (Å²) in [6.07, 6.45) is 3.28. The molecule has 1 fully saturated rings. The van der Waals surface area contributed by atoms with Gasteiger partial charge in [-0.2, -0.15) is 0 Å². The number of rotatable bonds is 3. The molecule has 1 aliphatic rings. The lowest BCUT2D eigenvalue weighted by molar-refractivity contribution is 0.0465. The number of hydrogen-bond acceptors (Lipinski definition) is 3. The van der Waals surface area contributed by atoms with Crippen molar-refractivity contribution < 1.29 is 13.5 Å². The van der Waals surface area contributed by atoms with Crippen LogP contribution in [-0.4, -0.2) is 42.3 Å². The third kappa shape index (κ3) is 3.59. The van der Waals surface area contributed by atoms with Crippen LogP contribution in [0, 0.1) is 0 Å². The largest absolute Gasteiger partial charge is 0.390 e. The minimum absolute atomic E-state index is 0.0187. The molecule has 1 rings (SSSR count). The number of nitrogens with zero attached hydrogens (tertiary/aromatic N) is 1. The second-order valence-electron chi connectivity index (χ2n) is 4.32. The van der Waals surface area contributed by atoms with Gasteiger partial charge in [-0.1, -0.05) is 6.08 Å². The van der Waals surface area contributed by atoms with Gasteiger partial charge in [0, 0.05) is 13.1 Å². The molecule has 0 bridgehead atoms. The Morgan fingerprint density at radius 1 is 1.47 bits per heavy atom. The van der Waals surface area contributed by atoms with E-state index < -0.39 is 15.6 Å². The molecule has 1 heterocycles. The molecule has 0 radical (unpaired) electrons. The maximum Gasteiger partial charge on any atom is 0.217 e. The van der Waals surface area contributed by atoms with Crippen molar-refractivity contribution in [3.05, 3.63) is 12.7 Å². The van der Waals surface area contributed by atoms with Gasteiger partial charge >= 0.3 is 0 Å². The maximum atomic E-state index is 11.7. The molecular formula is C10H19NO3S. The maximum absolute atomic E-state index is 11.7. The van der Waals surface area contributed by atoms with Gasteiger partial charge in [-0.15, -0.1) is 6.58 Å². The molecule has 15 heavy (non-hydrogen) atoms. The molecule has 1 atom stereocenters. The predicted octanol–water partition coefficient (Wildman–Crippen LogP) is 0.739. The first-order valence-corrected chi connectivity index (χ1v) is 6.79. The van der Waals surface area contributed by atoms with Crippen molar-refractivity contribution >= 4 is 10.0 Å². The Morgan fingerprint density at radius 3 is 2.73 bits per heavy atom. The topological polar surface area (TPSA) is 57.6 Å². The third-order valence-electron chi connectivity index (χ3n) is 2.74. The van der Waals surface area contributed by atoms with Crippen LogP contribution in [0.3, 0.4) is 0 Å². The van der Waals surface area contributed by atoms with Crippen LogP contribution in [0.25, 0.3) is 0 Å². The van der Waals surface area contributed by atoms with Crippen LogP contribution < -0.4 is 0 Å². The van der Waals surface area contributed by atoms with Gasteiger partial charge in [0.05, 0.1) is 11.4 Å². The van der Waals surface area contributed by atoms with Gasteiger partial charge in [-0.3, -0.25) is 0 Å². The molecular weight excluding hydrogens is 214 g/mol. The monoisotopic (exact) mass is 233 g/mol. The summed E-state index contributed by atoms with van der Waals surface area (Å²) in [4.78, 5) is 0. The van der Waals surface area contributed by atoms with Crippen LogP contribution in [-0.2, 0) is 10.0 Å². The minimum atomic E-state index is -3.20. The van der Waals surface area contributed by atoms with Gasteiger partial charge in [0.15, 0.2) is 0 Å². The zero-order valence-corrected chi connectivity index (χ0v) is 9.96. The highest BCUT2D eigenvalue weighted by Gasteiger charge is 2.29. The zero-order chi connectivity index (χ0) is 11.5. The highest BCUT2D eigenvalue weighted by molar-refractivity contribution is 7.89. The number of hydrogen-bond donors (Lipinski definition) is 1. The van der Waals surface area contributed by atoms with Crippen LogP contribution in [0.1, 0.15) is 26.2 Å². The van der Waals surface area contributed by atoms with Crippen molar-refractivity contribution in [1.82, 2.24) is 4.31 Å². The first-order valence-electron chi connectivity index (χ1n) is 5.18. The Balaban J connectivity index is 2.69. The quantitative estimate of drug-likeness (QED) is 0.731. The molecule has 0 aromatic heterocycles. The minimum Gasteiger partial charge on any atom is -0.390 e. The first kappa shape index (κ1) is 12.7. The molecule has 0 aromatic carbocycles. The van der Waals surface area contributed by atoms with E-state index in [1.54, 1.807) is 6.92 Å². The lowest BCUT2D eigenvalue weighted by atomic mass is 9.98. The molecule has 5 heteroatoms. The summed E-state index contributed by atoms with van der Waals surface area (Å²) in [7, 11) is -3.20. The molecule has 1 saturated heterocycles. The summed E-state index contributed by atoms with van der Waals surface area (Å²) in [5.41, 5.74) is -0.724. The van der Waals surface area contributed by atoms with E-state index in [1.165, 1.54) is 10.4 Å². The standard InChI is InChI=1S/C10H19NO3S/c1-3-9-15(13,14)11-7-4-5-10(2,12)6-8-11/h3,12H,1,4-9H2,2H3. The van der Waals surface area contributed by atoms with Crippen molar-refractivity contribution in [2.24, 2.45) is 0 Å². The second-order valence-corrected chi connectivity index (χ2v) is 6.33. The second kappa shape index (κ2) is 4.63. The Hall–Kier alpha value is -0.390. The molecule has 0 saturated carbocycles. The molecule has 0 spiro atoms. The van der Waals surface area contributed by atoms with E-state index in [4.69, 9.17) is 0 Å². The fourth-order valence-corrected chi connectivity index (χ4v) is 3.06. The van der Waals surface area contributed by atoms with Crippen molar-refractivity contribution in [1.29, 1.82) is 0 Å². The molecule has 0 aromatic rings. The van der Waals surface area contributed by atoms with E-state index in [0.29, 0.717) is 32.4 Å². The van der Waals surface area contributed by atoms with E-state index >= 15 is 0 Å². The normalized spacial score (nSPS) is 29.7. The van der Waals surface area contributed by atoms with Crippen LogP contribution in [0.2, 0.25) is 0 Å². The average molecular weight is 233 g/mol. The summed E-state index contributed by atoms with van der Waals surface area (Å²) in [5.74, 6) is -0.0187. The fourth-order valence-electron chi connectivity index (χ4n) is 1.77. The van der Waals surface area contributed by atoms with Gasteiger partial charge in [0.2, 0.25) is 10.0 Å². The first-order chi connectivity index (χ1) is 6.87. The van der Waals surface area contributed by atoms with Gasteiger partial charge in [0.1, 0.15) is 0 Å². The molecule has 1 unspecified atom stereocenters. The van der Waals surface area contributed by atoms with Gasteiger partial charge in [0.25, 0.3) is 0 Å². The van der Waals surface area contributed by atoms with Crippen LogP contribution in [0.5, 0.6) is 0 Å². The summed E-state index contributed by atoms with van der Waals surface area (Å²) in [6.45, 7) is 6.11. The molecule has 0 aliphatic carbocycles. The van der Waals surface area contributed by atoms with Crippen LogP contribution >= 0.6 is 0 Å². The highest BCUT2D eigenvalue weighted by atomic mass is 32.2. The fraction of sp³-hybridized carbons (Fsp3) is 0.800. The molecule has 1 N–H and O–H groups in total. The summed E-state index contributed by atoms with van der Waals surface area (Å²) in [6, 6.07) is 0. The molecule has 4 nitrogen and oxygen atoms in total. The Morgan fingerprint density at radius 2 is 2.13 bits per heavy atom. The van der Waals surface area contributed by atoms with Crippen molar-refractivity contribution in [2.75, 3.05) is 18.8 Å². The van der Waals surface area contributed by atoms with E-state index in [1.807, 2.05) is 0 Å². The van der Waals surface area contributed by atoms with Gasteiger partial charge in [-0.05, 0) is 26.2 Å². The molecule has 88 valence electrons. The molecule has 0 amide bonds. The van der Waals surface area contributed by atoms with Gasteiger partial charge in [-0.25, -0.2) is 12.7 Å². The molecule has 1 aliphatic heterocycles. The summed E-state index contributed by atoms with van der Waals surface area (Å²) in [5, 5.41) is 9.83. The summed E-state index contributed by atoms with van der Waals surface area (Å²) < 4.78 is 24.9. The lowest BCUT2D eigenvalue weighted by Crippen LogP contribution is -2.34. The van der Waals surface area contributed by atoms with Crippen molar-refractivity contribution in [2.45, 2.75) is 31.8 Å². The highest BCUT2D eigenvalue weighted by Crippen LogP contribution is 2.22. The smallest absolute Gasteiger partial charge is 0.217 e. The van der Waals surface area contributed by atoms with E-state index in [2.05, 4.69) is 6.58 Å². The third-order valence-corrected chi connectivity index (χ3v) is 4.55. The van der Waals surface area contributed by atoms with Gasteiger partial charge < -0.3 is 5.11 Å². The van der Waals surface area contributed by atoms with Crippen molar-refractivity contribution in [3.63, 3.8) is 0 Å². The average Bonchev–Trinajstić information content (AvgIpc) is 2.26.